The first kappa shape index (κ1) is 13.0. The van der Waals surface area contributed by atoms with Crippen LogP contribution in [0.3, 0.4) is 0 Å². The second kappa shape index (κ2) is 5.46. The van der Waals surface area contributed by atoms with Crippen molar-refractivity contribution in [1.29, 1.82) is 0 Å². The van der Waals surface area contributed by atoms with Crippen molar-refractivity contribution in [3.05, 3.63) is 0 Å². The van der Waals surface area contributed by atoms with Gasteiger partial charge in [-0.1, -0.05) is 12.8 Å². The average molecular weight is 254 g/mol. The Bertz CT molecular complexity index is 335. The van der Waals surface area contributed by atoms with Gasteiger partial charge in [0.25, 0.3) is 0 Å². The lowest BCUT2D eigenvalue weighted by Crippen LogP contribution is -2.23. The zero-order valence-electron chi connectivity index (χ0n) is 10.2. The molecule has 6 heteroatoms. The molecule has 0 aromatic carbocycles. The fourth-order valence-electron chi connectivity index (χ4n) is 2.90. The average Bonchev–Trinajstić information content (AvgIpc) is 2.94. The van der Waals surface area contributed by atoms with Crippen LogP contribution in [0.1, 0.15) is 38.5 Å². The molecule has 0 amide bonds. The van der Waals surface area contributed by atoms with Crippen LogP contribution in [0, 0.1) is 11.8 Å². The maximum absolute atomic E-state index is 11.0. The van der Waals surface area contributed by atoms with Crippen LogP contribution in [0.5, 0.6) is 0 Å². The minimum Gasteiger partial charge on any atom is -0.481 e. The van der Waals surface area contributed by atoms with Gasteiger partial charge in [0.2, 0.25) is 0 Å². The lowest BCUT2D eigenvalue weighted by molar-refractivity contribution is -0.143. The Morgan fingerprint density at radius 2 is 1.17 bits per heavy atom. The monoisotopic (exact) mass is 254 g/mol. The standard InChI is InChI=1S/C12H18N2O4/c15-11(16)7-3-1-5-9(7)13-14-10-6-2-4-8(10)12(17)18/h7-10H,1-6H2,(H,15,16)(H,17,18). The highest BCUT2D eigenvalue weighted by Gasteiger charge is 2.35. The number of rotatable bonds is 4. The summed E-state index contributed by atoms with van der Waals surface area (Å²) in [6.45, 7) is 0. The maximum atomic E-state index is 11.0. The Hall–Kier alpha value is -1.46. The van der Waals surface area contributed by atoms with E-state index >= 15 is 0 Å². The summed E-state index contributed by atoms with van der Waals surface area (Å²) >= 11 is 0. The molecule has 4 unspecified atom stereocenters. The predicted octanol–water partition coefficient (Wildman–Crippen LogP) is 1.95. The first-order chi connectivity index (χ1) is 8.59. The van der Waals surface area contributed by atoms with Crippen molar-refractivity contribution in [2.45, 2.75) is 50.6 Å². The molecule has 0 aliphatic heterocycles. The van der Waals surface area contributed by atoms with Crippen LogP contribution in [-0.2, 0) is 9.59 Å². The van der Waals surface area contributed by atoms with E-state index in [4.69, 9.17) is 10.2 Å². The van der Waals surface area contributed by atoms with Gasteiger partial charge in [0.15, 0.2) is 0 Å². The van der Waals surface area contributed by atoms with Crippen molar-refractivity contribution in [2.75, 3.05) is 0 Å². The van der Waals surface area contributed by atoms with Gasteiger partial charge in [-0.2, -0.15) is 10.2 Å². The van der Waals surface area contributed by atoms with E-state index in [1.54, 1.807) is 0 Å². The number of azo groups is 1. The minimum atomic E-state index is -0.822. The fourth-order valence-corrected chi connectivity index (χ4v) is 2.90. The summed E-state index contributed by atoms with van der Waals surface area (Å²) in [5.74, 6) is -2.54. The van der Waals surface area contributed by atoms with Crippen LogP contribution in [0.4, 0.5) is 0 Å². The quantitative estimate of drug-likeness (QED) is 0.749. The van der Waals surface area contributed by atoms with Gasteiger partial charge in [0.05, 0.1) is 23.9 Å². The van der Waals surface area contributed by atoms with E-state index in [9.17, 15) is 9.59 Å². The molecule has 100 valence electrons. The largest absolute Gasteiger partial charge is 0.481 e. The maximum Gasteiger partial charge on any atom is 0.308 e. The molecule has 2 aliphatic rings. The van der Waals surface area contributed by atoms with Gasteiger partial charge < -0.3 is 10.2 Å². The number of nitrogens with zero attached hydrogens (tertiary/aromatic N) is 2. The molecule has 0 bridgehead atoms. The smallest absolute Gasteiger partial charge is 0.308 e. The molecule has 18 heavy (non-hydrogen) atoms. The lowest BCUT2D eigenvalue weighted by atomic mass is 10.0. The van der Waals surface area contributed by atoms with E-state index in [2.05, 4.69) is 10.2 Å². The highest BCUT2D eigenvalue weighted by atomic mass is 16.4. The Morgan fingerprint density at radius 3 is 1.50 bits per heavy atom. The van der Waals surface area contributed by atoms with Gasteiger partial charge >= 0.3 is 11.9 Å². The summed E-state index contributed by atoms with van der Waals surface area (Å²) in [6.07, 6.45) is 4.48. The number of carbonyl (C=O) groups is 2. The SMILES string of the molecule is O=C(O)C1CCCC1N=NC1CCCC1C(=O)O. The number of hydrogen-bond donors (Lipinski definition) is 2. The summed E-state index contributed by atoms with van der Waals surface area (Å²) < 4.78 is 0. The van der Waals surface area contributed by atoms with Crippen molar-refractivity contribution >= 4 is 11.9 Å². The van der Waals surface area contributed by atoms with Crippen molar-refractivity contribution in [3.63, 3.8) is 0 Å². The molecule has 6 nitrogen and oxygen atoms in total. The van der Waals surface area contributed by atoms with E-state index in [1.807, 2.05) is 0 Å². The molecule has 2 saturated carbocycles. The zero-order chi connectivity index (χ0) is 13.1. The fraction of sp³-hybridized carbons (Fsp3) is 0.833. The molecule has 0 aromatic heterocycles. The highest BCUT2D eigenvalue weighted by Crippen LogP contribution is 2.32. The van der Waals surface area contributed by atoms with Crippen LogP contribution in [0.2, 0.25) is 0 Å². The third-order valence-corrected chi connectivity index (χ3v) is 3.96. The van der Waals surface area contributed by atoms with E-state index in [0.717, 1.165) is 25.7 Å². The van der Waals surface area contributed by atoms with Gasteiger partial charge in [-0.15, -0.1) is 0 Å². The summed E-state index contributed by atoms with van der Waals surface area (Å²) in [7, 11) is 0. The Balaban J connectivity index is 1.98. The molecule has 2 aliphatic carbocycles. The molecule has 2 N–H and O–H groups in total. The number of hydrogen-bond acceptors (Lipinski definition) is 4. The van der Waals surface area contributed by atoms with Gasteiger partial charge in [-0.05, 0) is 25.7 Å². The highest BCUT2D eigenvalue weighted by molar-refractivity contribution is 5.71. The van der Waals surface area contributed by atoms with Crippen LogP contribution < -0.4 is 0 Å². The second-order valence-corrected chi connectivity index (χ2v) is 5.12. The van der Waals surface area contributed by atoms with Gasteiger partial charge in [-0.3, -0.25) is 9.59 Å². The number of carboxylic acid groups (broad SMARTS) is 2. The Kier molecular flexibility index (Phi) is 3.93. The number of carboxylic acids is 2. The van der Waals surface area contributed by atoms with E-state index in [0.29, 0.717) is 12.8 Å². The Labute approximate surface area is 105 Å². The van der Waals surface area contributed by atoms with E-state index in [1.165, 1.54) is 0 Å². The van der Waals surface area contributed by atoms with Gasteiger partial charge in [0.1, 0.15) is 0 Å². The third kappa shape index (κ3) is 2.68. The molecule has 0 heterocycles. The number of aliphatic carboxylic acids is 2. The van der Waals surface area contributed by atoms with Crippen molar-refractivity contribution < 1.29 is 19.8 Å². The molecule has 2 fully saturated rings. The topological polar surface area (TPSA) is 99.3 Å². The second-order valence-electron chi connectivity index (χ2n) is 5.12. The van der Waals surface area contributed by atoms with Crippen molar-refractivity contribution in [1.82, 2.24) is 0 Å². The zero-order valence-corrected chi connectivity index (χ0v) is 10.2. The lowest BCUT2D eigenvalue weighted by Gasteiger charge is -2.13. The molecule has 2 rings (SSSR count). The van der Waals surface area contributed by atoms with Crippen molar-refractivity contribution in [3.8, 4) is 0 Å². The normalized spacial score (nSPS) is 36.2. The van der Waals surface area contributed by atoms with Crippen molar-refractivity contribution in [2.24, 2.45) is 22.1 Å². The summed E-state index contributed by atoms with van der Waals surface area (Å²) in [6, 6.07) is -0.532. The van der Waals surface area contributed by atoms with Crippen LogP contribution in [0.25, 0.3) is 0 Å². The first-order valence-corrected chi connectivity index (χ1v) is 6.45. The molecule has 0 saturated heterocycles. The van der Waals surface area contributed by atoms with Gasteiger partial charge in [0, 0.05) is 0 Å². The van der Waals surface area contributed by atoms with E-state index < -0.39 is 23.8 Å². The molecule has 0 radical (unpaired) electrons. The molecular weight excluding hydrogens is 236 g/mol. The van der Waals surface area contributed by atoms with Crippen LogP contribution in [0.15, 0.2) is 10.2 Å². The van der Waals surface area contributed by atoms with Crippen LogP contribution in [-0.4, -0.2) is 34.2 Å². The molecule has 0 aromatic rings. The summed E-state index contributed by atoms with van der Waals surface area (Å²) in [5.41, 5.74) is 0. The predicted molar refractivity (Wildman–Crippen MR) is 62.4 cm³/mol. The molecule has 4 atom stereocenters. The first-order valence-electron chi connectivity index (χ1n) is 6.45. The Morgan fingerprint density at radius 1 is 0.778 bits per heavy atom. The minimum absolute atomic E-state index is 0.266. The molecular formula is C12H18N2O4. The summed E-state index contributed by atoms with van der Waals surface area (Å²) in [4.78, 5) is 22.0. The van der Waals surface area contributed by atoms with Crippen LogP contribution >= 0.6 is 0 Å². The third-order valence-electron chi connectivity index (χ3n) is 3.96. The molecule has 0 spiro atoms. The van der Waals surface area contributed by atoms with Gasteiger partial charge in [-0.25, -0.2) is 0 Å². The summed E-state index contributed by atoms with van der Waals surface area (Å²) in [5, 5.41) is 26.3. The van der Waals surface area contributed by atoms with E-state index in [-0.39, 0.29) is 12.1 Å².